The molecular weight excluding hydrogens is 407 g/mol. The second-order valence-corrected chi connectivity index (χ2v) is 7.78. The predicted molar refractivity (Wildman–Crippen MR) is 112 cm³/mol. The van der Waals surface area contributed by atoms with Crippen molar-refractivity contribution in [3.63, 3.8) is 0 Å². The standard InChI is InChI=1S/C23H20F3N3O2/c1-12(2)15-8-14(24)4-5-20(15)28-11-29(19-6-7-22(30)27-13(19)3)23(31)16-9-17(25)18(26)10-21(16)28/h4-10,12H,11H2,1-3H3,(H,27,30). The molecule has 5 nitrogen and oxygen atoms in total. The van der Waals surface area contributed by atoms with Crippen LogP contribution in [0.3, 0.4) is 0 Å². The SMILES string of the molecule is Cc1[nH]c(=O)ccc1N1CN(c2ccc(F)cc2C(C)C)c2cc(F)c(F)cc2C1=O. The molecule has 0 radical (unpaired) electrons. The van der Waals surface area contributed by atoms with Crippen LogP contribution in [-0.2, 0) is 0 Å². The van der Waals surface area contributed by atoms with Gasteiger partial charge in [0.25, 0.3) is 5.91 Å². The maximum atomic E-state index is 14.1. The number of carbonyl (C=O) groups is 1. The van der Waals surface area contributed by atoms with Crippen molar-refractivity contribution >= 4 is 23.0 Å². The van der Waals surface area contributed by atoms with E-state index in [0.29, 0.717) is 22.6 Å². The van der Waals surface area contributed by atoms with Crippen molar-refractivity contribution in [1.82, 2.24) is 4.98 Å². The molecule has 8 heteroatoms. The number of nitrogens with zero attached hydrogens (tertiary/aromatic N) is 2. The molecule has 160 valence electrons. The summed E-state index contributed by atoms with van der Waals surface area (Å²) in [6.07, 6.45) is 0. The summed E-state index contributed by atoms with van der Waals surface area (Å²) < 4.78 is 42.2. The van der Waals surface area contributed by atoms with E-state index in [-0.39, 0.29) is 29.4 Å². The molecule has 2 heterocycles. The number of halogens is 3. The van der Waals surface area contributed by atoms with E-state index in [1.54, 1.807) is 17.9 Å². The monoisotopic (exact) mass is 427 g/mol. The number of hydrogen-bond acceptors (Lipinski definition) is 3. The number of aromatic nitrogens is 1. The number of carbonyl (C=O) groups excluding carboxylic acids is 1. The summed E-state index contributed by atoms with van der Waals surface area (Å²) in [5.41, 5.74) is 1.95. The van der Waals surface area contributed by atoms with Gasteiger partial charge in [0.1, 0.15) is 12.5 Å². The molecule has 0 aliphatic carbocycles. The number of nitrogens with one attached hydrogen (secondary N) is 1. The number of rotatable bonds is 3. The van der Waals surface area contributed by atoms with Crippen molar-refractivity contribution in [1.29, 1.82) is 0 Å². The molecule has 0 fully saturated rings. The van der Waals surface area contributed by atoms with Crippen LogP contribution in [0.4, 0.5) is 30.2 Å². The molecule has 1 aliphatic rings. The van der Waals surface area contributed by atoms with Crippen molar-refractivity contribution in [3.05, 3.63) is 87.1 Å². The second-order valence-electron chi connectivity index (χ2n) is 7.78. The number of H-pyrrole nitrogens is 1. The molecule has 1 aliphatic heterocycles. The van der Waals surface area contributed by atoms with Gasteiger partial charge in [0.2, 0.25) is 5.56 Å². The van der Waals surface area contributed by atoms with Crippen LogP contribution in [0.15, 0.2) is 47.3 Å². The first-order valence-corrected chi connectivity index (χ1v) is 9.75. The number of anilines is 3. The number of hydrogen-bond donors (Lipinski definition) is 1. The molecule has 0 spiro atoms. The Balaban J connectivity index is 1.95. The van der Waals surface area contributed by atoms with Gasteiger partial charge in [0, 0.05) is 23.5 Å². The van der Waals surface area contributed by atoms with Crippen LogP contribution < -0.4 is 15.4 Å². The highest BCUT2D eigenvalue weighted by Gasteiger charge is 2.34. The van der Waals surface area contributed by atoms with Gasteiger partial charge in [-0.15, -0.1) is 0 Å². The molecule has 2 aromatic carbocycles. The Morgan fingerprint density at radius 3 is 2.23 bits per heavy atom. The lowest BCUT2D eigenvalue weighted by molar-refractivity contribution is 0.0982. The van der Waals surface area contributed by atoms with Crippen LogP contribution in [0.1, 0.15) is 41.4 Å². The van der Waals surface area contributed by atoms with E-state index in [0.717, 1.165) is 12.1 Å². The van der Waals surface area contributed by atoms with Crippen LogP contribution >= 0.6 is 0 Å². The number of aromatic amines is 1. The Morgan fingerprint density at radius 2 is 1.55 bits per heavy atom. The van der Waals surface area contributed by atoms with E-state index in [1.165, 1.54) is 29.2 Å². The summed E-state index contributed by atoms with van der Waals surface area (Å²) in [5.74, 6) is -3.25. The molecule has 0 bridgehead atoms. The van der Waals surface area contributed by atoms with Gasteiger partial charge in [-0.1, -0.05) is 13.8 Å². The highest BCUT2D eigenvalue weighted by Crippen LogP contribution is 2.40. The fourth-order valence-electron chi connectivity index (χ4n) is 3.85. The lowest BCUT2D eigenvalue weighted by Crippen LogP contribution is -2.46. The average molecular weight is 427 g/mol. The largest absolute Gasteiger partial charge is 0.324 e. The van der Waals surface area contributed by atoms with Crippen molar-refractivity contribution < 1.29 is 18.0 Å². The molecule has 1 amide bonds. The van der Waals surface area contributed by atoms with Gasteiger partial charge < -0.3 is 9.88 Å². The van der Waals surface area contributed by atoms with Crippen LogP contribution in [0.5, 0.6) is 0 Å². The van der Waals surface area contributed by atoms with Gasteiger partial charge in [0.05, 0.1) is 16.9 Å². The Bertz CT molecular complexity index is 1250. The van der Waals surface area contributed by atoms with Crippen molar-refractivity contribution in [2.24, 2.45) is 0 Å². The minimum atomic E-state index is -1.14. The van der Waals surface area contributed by atoms with Crippen LogP contribution in [-0.4, -0.2) is 17.6 Å². The smallest absolute Gasteiger partial charge is 0.262 e. The van der Waals surface area contributed by atoms with Gasteiger partial charge in [0.15, 0.2) is 11.6 Å². The molecule has 4 rings (SSSR count). The first-order valence-electron chi connectivity index (χ1n) is 9.75. The molecular formula is C23H20F3N3O2. The number of fused-ring (bicyclic) bond motifs is 1. The van der Waals surface area contributed by atoms with E-state index in [2.05, 4.69) is 4.98 Å². The lowest BCUT2D eigenvalue weighted by atomic mass is 9.98. The summed E-state index contributed by atoms with van der Waals surface area (Å²) in [6, 6.07) is 8.88. The third-order valence-electron chi connectivity index (χ3n) is 5.37. The van der Waals surface area contributed by atoms with E-state index < -0.39 is 23.4 Å². The van der Waals surface area contributed by atoms with Gasteiger partial charge in [-0.25, -0.2) is 13.2 Å². The third-order valence-corrected chi connectivity index (χ3v) is 5.37. The van der Waals surface area contributed by atoms with Gasteiger partial charge in [-0.2, -0.15) is 0 Å². The quantitative estimate of drug-likeness (QED) is 0.642. The maximum absolute atomic E-state index is 14.1. The zero-order valence-corrected chi connectivity index (χ0v) is 17.2. The summed E-state index contributed by atoms with van der Waals surface area (Å²) in [5, 5.41) is 0. The molecule has 0 saturated heterocycles. The number of benzene rings is 2. The molecule has 0 atom stereocenters. The van der Waals surface area contributed by atoms with E-state index in [9.17, 15) is 22.8 Å². The van der Waals surface area contributed by atoms with Crippen molar-refractivity contribution in [3.8, 4) is 0 Å². The molecule has 0 unspecified atom stereocenters. The zero-order valence-electron chi connectivity index (χ0n) is 17.2. The minimum Gasteiger partial charge on any atom is -0.324 e. The fourth-order valence-corrected chi connectivity index (χ4v) is 3.85. The summed E-state index contributed by atoms with van der Waals surface area (Å²) in [7, 11) is 0. The molecule has 0 saturated carbocycles. The highest BCUT2D eigenvalue weighted by molar-refractivity contribution is 6.12. The highest BCUT2D eigenvalue weighted by atomic mass is 19.2. The van der Waals surface area contributed by atoms with Crippen molar-refractivity contribution in [2.75, 3.05) is 16.5 Å². The Kier molecular flexibility index (Phi) is 5.08. The van der Waals surface area contributed by atoms with E-state index in [4.69, 9.17) is 0 Å². The lowest BCUT2D eigenvalue weighted by Gasteiger charge is -2.39. The maximum Gasteiger partial charge on any atom is 0.262 e. The second kappa shape index (κ2) is 7.61. The van der Waals surface area contributed by atoms with Gasteiger partial charge >= 0.3 is 0 Å². The number of aryl methyl sites for hydroxylation is 1. The van der Waals surface area contributed by atoms with Crippen LogP contribution in [0.2, 0.25) is 0 Å². The summed E-state index contributed by atoms with van der Waals surface area (Å²) >= 11 is 0. The van der Waals surface area contributed by atoms with Gasteiger partial charge in [-0.05, 0) is 48.7 Å². The van der Waals surface area contributed by atoms with Crippen molar-refractivity contribution in [2.45, 2.75) is 26.7 Å². The Hall–Kier alpha value is -3.55. The summed E-state index contributed by atoms with van der Waals surface area (Å²) in [6.45, 7) is 5.40. The summed E-state index contributed by atoms with van der Waals surface area (Å²) in [4.78, 5) is 30.5. The van der Waals surface area contributed by atoms with Crippen LogP contribution in [0, 0.1) is 24.4 Å². The number of amides is 1. The van der Waals surface area contributed by atoms with E-state index >= 15 is 0 Å². The number of pyridine rings is 1. The minimum absolute atomic E-state index is 0.0326. The Labute approximate surface area is 176 Å². The average Bonchev–Trinajstić information content (AvgIpc) is 2.71. The zero-order chi connectivity index (χ0) is 22.4. The first-order chi connectivity index (χ1) is 14.7. The van der Waals surface area contributed by atoms with E-state index in [1.807, 2.05) is 13.8 Å². The van der Waals surface area contributed by atoms with Gasteiger partial charge in [-0.3, -0.25) is 14.5 Å². The molecule has 31 heavy (non-hydrogen) atoms. The molecule has 3 aromatic rings. The topological polar surface area (TPSA) is 56.4 Å². The molecule has 1 aromatic heterocycles. The molecule has 1 N–H and O–H groups in total. The van der Waals surface area contributed by atoms with Crippen LogP contribution in [0.25, 0.3) is 0 Å². The Morgan fingerprint density at radius 1 is 0.871 bits per heavy atom. The first kappa shape index (κ1) is 20.7. The third kappa shape index (κ3) is 3.58. The fraction of sp³-hybridized carbons (Fsp3) is 0.217. The predicted octanol–water partition coefficient (Wildman–Crippen LogP) is 4.98. The normalized spacial score (nSPS) is 13.7.